The summed E-state index contributed by atoms with van der Waals surface area (Å²) in [6, 6.07) is 7.98. The first kappa shape index (κ1) is 18.5. The average Bonchev–Trinajstić information content (AvgIpc) is 2.91. The average molecular weight is 360 g/mol. The molecule has 0 spiro atoms. The van der Waals surface area contributed by atoms with E-state index in [-0.39, 0.29) is 18.5 Å². The molecule has 2 aliphatic heterocycles. The maximum Gasteiger partial charge on any atom is 0.326 e. The molecular weight excluding hydrogens is 332 g/mol. The molecule has 7 heteroatoms. The van der Waals surface area contributed by atoms with E-state index in [4.69, 9.17) is 4.74 Å². The minimum Gasteiger partial charge on any atom is -0.495 e. The van der Waals surface area contributed by atoms with Crippen molar-refractivity contribution < 1.29 is 14.3 Å². The monoisotopic (exact) mass is 360 g/mol. The van der Waals surface area contributed by atoms with Gasteiger partial charge < -0.3 is 14.5 Å². The van der Waals surface area contributed by atoms with E-state index in [1.165, 1.54) is 9.80 Å². The lowest BCUT2D eigenvalue weighted by Gasteiger charge is -2.36. The molecule has 0 unspecified atom stereocenters. The molecule has 3 rings (SSSR count). The fourth-order valence-electron chi connectivity index (χ4n) is 3.60. The van der Waals surface area contributed by atoms with Gasteiger partial charge in [0, 0.05) is 39.8 Å². The predicted octanol–water partition coefficient (Wildman–Crippen LogP) is 1.49. The molecule has 0 saturated carbocycles. The Morgan fingerprint density at radius 2 is 1.69 bits per heavy atom. The first-order valence-corrected chi connectivity index (χ1v) is 9.26. The Morgan fingerprint density at radius 3 is 2.35 bits per heavy atom. The topological polar surface area (TPSA) is 56.3 Å². The number of carbonyl (C=O) groups is 2. The summed E-state index contributed by atoms with van der Waals surface area (Å²) in [6.07, 6.45) is 1.85. The Morgan fingerprint density at radius 1 is 1.00 bits per heavy atom. The number of imide groups is 1. The van der Waals surface area contributed by atoms with Crippen LogP contribution in [0, 0.1) is 0 Å². The zero-order chi connectivity index (χ0) is 18.5. The van der Waals surface area contributed by atoms with Crippen LogP contribution in [-0.2, 0) is 4.79 Å². The number of hydrogen-bond acceptors (Lipinski definition) is 5. The highest BCUT2D eigenvalue weighted by atomic mass is 16.5. The lowest BCUT2D eigenvalue weighted by molar-refractivity contribution is -0.125. The standard InChI is InChI=1S/C19H28N4O3/c1-20-15-18(24)23(19(20)25)10-6-5-9-21-11-13-22(14-12-21)16-7-3-4-8-17(16)26-2/h3-4,7-8H,5-6,9-15H2,1-2H3. The van der Waals surface area contributed by atoms with Crippen LogP contribution in [0.1, 0.15) is 12.8 Å². The number of urea groups is 1. The Bertz CT molecular complexity index is 643. The fraction of sp³-hybridized carbons (Fsp3) is 0.579. The Labute approximate surface area is 155 Å². The number of amides is 3. The number of nitrogens with zero attached hydrogens (tertiary/aromatic N) is 4. The SMILES string of the molecule is COc1ccccc1N1CCN(CCCCN2C(=O)CN(C)C2=O)CC1. The highest BCUT2D eigenvalue weighted by Crippen LogP contribution is 2.28. The van der Waals surface area contributed by atoms with Crippen LogP contribution in [0.2, 0.25) is 0 Å². The van der Waals surface area contributed by atoms with Crippen LogP contribution < -0.4 is 9.64 Å². The number of benzene rings is 1. The molecule has 0 atom stereocenters. The zero-order valence-corrected chi connectivity index (χ0v) is 15.7. The molecule has 0 radical (unpaired) electrons. The molecule has 0 aromatic heterocycles. The maximum absolute atomic E-state index is 11.8. The number of ether oxygens (including phenoxy) is 1. The third kappa shape index (κ3) is 4.09. The smallest absolute Gasteiger partial charge is 0.326 e. The molecule has 1 aromatic carbocycles. The van der Waals surface area contributed by atoms with Crippen molar-refractivity contribution in [3.05, 3.63) is 24.3 Å². The van der Waals surface area contributed by atoms with Crippen LogP contribution in [0.5, 0.6) is 5.75 Å². The number of carbonyl (C=O) groups excluding carboxylic acids is 2. The van der Waals surface area contributed by atoms with Crippen LogP contribution in [0.3, 0.4) is 0 Å². The summed E-state index contributed by atoms with van der Waals surface area (Å²) in [6.45, 7) is 5.74. The largest absolute Gasteiger partial charge is 0.495 e. The lowest BCUT2D eigenvalue weighted by atomic mass is 10.2. The molecule has 26 heavy (non-hydrogen) atoms. The molecule has 0 bridgehead atoms. The minimum absolute atomic E-state index is 0.0806. The zero-order valence-electron chi connectivity index (χ0n) is 15.7. The molecule has 2 fully saturated rings. The number of para-hydroxylation sites is 2. The van der Waals surface area contributed by atoms with Gasteiger partial charge in [-0.3, -0.25) is 14.6 Å². The lowest BCUT2D eigenvalue weighted by Crippen LogP contribution is -2.46. The molecule has 0 N–H and O–H groups in total. The predicted molar refractivity (Wildman–Crippen MR) is 101 cm³/mol. The first-order valence-electron chi connectivity index (χ1n) is 9.26. The van der Waals surface area contributed by atoms with Crippen LogP contribution in [0.4, 0.5) is 10.5 Å². The molecule has 1 aromatic rings. The highest BCUT2D eigenvalue weighted by molar-refractivity contribution is 6.01. The second kappa shape index (κ2) is 8.40. The van der Waals surface area contributed by atoms with E-state index in [1.807, 2.05) is 18.2 Å². The number of hydrogen-bond donors (Lipinski definition) is 0. The highest BCUT2D eigenvalue weighted by Gasteiger charge is 2.32. The van der Waals surface area contributed by atoms with Gasteiger partial charge >= 0.3 is 6.03 Å². The van der Waals surface area contributed by atoms with Gasteiger partial charge in [0.2, 0.25) is 5.91 Å². The molecule has 0 aliphatic carbocycles. The van der Waals surface area contributed by atoms with Crippen molar-refractivity contribution in [2.24, 2.45) is 0 Å². The normalized spacial score (nSPS) is 18.8. The summed E-state index contributed by atoms with van der Waals surface area (Å²) in [5.41, 5.74) is 1.16. The molecule has 3 amide bonds. The van der Waals surface area contributed by atoms with E-state index in [0.717, 1.165) is 57.0 Å². The van der Waals surface area contributed by atoms with Crippen LogP contribution in [0.15, 0.2) is 24.3 Å². The minimum atomic E-state index is -0.166. The van der Waals surface area contributed by atoms with Gasteiger partial charge in [-0.15, -0.1) is 0 Å². The molecule has 2 aliphatic rings. The Balaban J connectivity index is 1.38. The summed E-state index contributed by atoms with van der Waals surface area (Å²) in [4.78, 5) is 31.3. The number of rotatable bonds is 7. The molecule has 2 heterocycles. The van der Waals surface area contributed by atoms with Gasteiger partial charge in [-0.25, -0.2) is 4.79 Å². The van der Waals surface area contributed by atoms with Crippen molar-refractivity contribution in [3.8, 4) is 5.75 Å². The summed E-state index contributed by atoms with van der Waals surface area (Å²) in [5, 5.41) is 0. The van der Waals surface area contributed by atoms with Crippen LogP contribution in [-0.4, -0.2) is 86.6 Å². The van der Waals surface area contributed by atoms with E-state index in [9.17, 15) is 9.59 Å². The number of methoxy groups -OCH3 is 1. The summed E-state index contributed by atoms with van der Waals surface area (Å²) in [7, 11) is 3.38. The molecular formula is C19H28N4O3. The van der Waals surface area contributed by atoms with Crippen LogP contribution in [0.25, 0.3) is 0 Å². The van der Waals surface area contributed by atoms with Crippen molar-refractivity contribution in [1.82, 2.24) is 14.7 Å². The van der Waals surface area contributed by atoms with E-state index in [2.05, 4.69) is 15.9 Å². The first-order chi connectivity index (χ1) is 12.6. The number of piperazine rings is 1. The fourth-order valence-corrected chi connectivity index (χ4v) is 3.60. The van der Waals surface area contributed by atoms with Gasteiger partial charge in [0.1, 0.15) is 12.3 Å². The van der Waals surface area contributed by atoms with Crippen LogP contribution >= 0.6 is 0 Å². The quantitative estimate of drug-likeness (QED) is 0.545. The van der Waals surface area contributed by atoms with Gasteiger partial charge in [0.25, 0.3) is 0 Å². The van der Waals surface area contributed by atoms with E-state index >= 15 is 0 Å². The van der Waals surface area contributed by atoms with Gasteiger partial charge in [-0.2, -0.15) is 0 Å². The molecule has 7 nitrogen and oxygen atoms in total. The van der Waals surface area contributed by atoms with Crippen molar-refractivity contribution in [3.63, 3.8) is 0 Å². The molecule has 2 saturated heterocycles. The Hall–Kier alpha value is -2.28. The second-order valence-corrected chi connectivity index (χ2v) is 6.89. The maximum atomic E-state index is 11.8. The van der Waals surface area contributed by atoms with Gasteiger partial charge in [0.05, 0.1) is 12.8 Å². The van der Waals surface area contributed by atoms with Gasteiger partial charge in [-0.1, -0.05) is 12.1 Å². The summed E-state index contributed by atoms with van der Waals surface area (Å²) >= 11 is 0. The van der Waals surface area contributed by atoms with Crippen molar-refractivity contribution in [1.29, 1.82) is 0 Å². The van der Waals surface area contributed by atoms with E-state index in [1.54, 1.807) is 14.2 Å². The van der Waals surface area contributed by atoms with E-state index < -0.39 is 0 Å². The summed E-state index contributed by atoms with van der Waals surface area (Å²) in [5.74, 6) is 0.841. The van der Waals surface area contributed by atoms with E-state index in [0.29, 0.717) is 6.54 Å². The third-order valence-electron chi connectivity index (χ3n) is 5.14. The number of unbranched alkanes of at least 4 members (excludes halogenated alkanes) is 1. The van der Waals surface area contributed by atoms with Crippen molar-refractivity contribution in [2.45, 2.75) is 12.8 Å². The van der Waals surface area contributed by atoms with Crippen molar-refractivity contribution >= 4 is 17.6 Å². The molecule has 142 valence electrons. The third-order valence-corrected chi connectivity index (χ3v) is 5.14. The van der Waals surface area contributed by atoms with Crippen molar-refractivity contribution in [2.75, 3.05) is 64.9 Å². The summed E-state index contributed by atoms with van der Waals surface area (Å²) < 4.78 is 5.46. The van der Waals surface area contributed by atoms with Gasteiger partial charge in [-0.05, 0) is 31.5 Å². The van der Waals surface area contributed by atoms with Gasteiger partial charge in [0.15, 0.2) is 0 Å². The number of anilines is 1. The Kier molecular flexibility index (Phi) is 5.98. The second-order valence-electron chi connectivity index (χ2n) is 6.89. The number of likely N-dealkylation sites (N-methyl/N-ethyl adjacent to an activating group) is 1.